The second-order valence-corrected chi connectivity index (χ2v) is 9.47. The van der Waals surface area contributed by atoms with Crippen molar-refractivity contribution in [1.29, 1.82) is 0 Å². The molecule has 7 nitrogen and oxygen atoms in total. The highest BCUT2D eigenvalue weighted by Gasteiger charge is 2.22. The van der Waals surface area contributed by atoms with E-state index in [1.807, 2.05) is 19.0 Å². The minimum Gasteiger partial charge on any atom is -0.423 e. The fourth-order valence-corrected chi connectivity index (χ4v) is 5.16. The van der Waals surface area contributed by atoms with Crippen LogP contribution in [0.4, 0.5) is 5.13 Å². The van der Waals surface area contributed by atoms with E-state index in [0.717, 1.165) is 15.3 Å². The van der Waals surface area contributed by atoms with Gasteiger partial charge in [0.25, 0.3) is 0 Å². The molecular weight excluding hydrogens is 410 g/mol. The van der Waals surface area contributed by atoms with Crippen molar-refractivity contribution in [2.45, 2.75) is 18.7 Å². The summed E-state index contributed by atoms with van der Waals surface area (Å²) in [5.41, 5.74) is 1.12. The number of ether oxygens (including phenoxy) is 1. The molecule has 9 heteroatoms. The average Bonchev–Trinajstić information content (AvgIpc) is 3.12. The molecule has 0 N–H and O–H groups in total. The predicted molar refractivity (Wildman–Crippen MR) is 115 cm³/mol. The summed E-state index contributed by atoms with van der Waals surface area (Å²) in [7, 11) is 0.279. The molecule has 0 radical (unpaired) electrons. The van der Waals surface area contributed by atoms with Gasteiger partial charge in [-0.25, -0.2) is 18.2 Å². The van der Waals surface area contributed by atoms with Gasteiger partial charge in [0.1, 0.15) is 5.75 Å². The zero-order chi connectivity index (χ0) is 21.2. The Hall–Kier alpha value is -2.49. The molecule has 0 spiro atoms. The minimum absolute atomic E-state index is 0.153. The van der Waals surface area contributed by atoms with Crippen molar-refractivity contribution in [3.8, 4) is 5.75 Å². The van der Waals surface area contributed by atoms with Gasteiger partial charge in [0.15, 0.2) is 5.13 Å². The van der Waals surface area contributed by atoms with Gasteiger partial charge >= 0.3 is 5.97 Å². The molecule has 0 aliphatic carbocycles. The second-order valence-electron chi connectivity index (χ2n) is 6.52. The molecule has 0 bridgehead atoms. The molecule has 0 atom stereocenters. The van der Waals surface area contributed by atoms with Crippen LogP contribution in [0.25, 0.3) is 10.2 Å². The Morgan fingerprint density at radius 1 is 1.07 bits per heavy atom. The van der Waals surface area contributed by atoms with E-state index in [4.69, 9.17) is 4.74 Å². The summed E-state index contributed by atoms with van der Waals surface area (Å²) in [5.74, 6) is -0.134. The summed E-state index contributed by atoms with van der Waals surface area (Å²) in [6.07, 6.45) is 0. The van der Waals surface area contributed by atoms with Crippen LogP contribution in [0.3, 0.4) is 0 Å². The van der Waals surface area contributed by atoms with Crippen molar-refractivity contribution in [2.75, 3.05) is 32.1 Å². The lowest BCUT2D eigenvalue weighted by Gasteiger charge is -2.18. The Balaban J connectivity index is 1.78. The molecule has 0 saturated heterocycles. The molecule has 2 aromatic carbocycles. The van der Waals surface area contributed by atoms with Gasteiger partial charge in [-0.2, -0.15) is 4.31 Å². The number of sulfonamides is 1. The summed E-state index contributed by atoms with van der Waals surface area (Å²) in [5, 5.41) is 0.869. The van der Waals surface area contributed by atoms with Crippen LogP contribution < -0.4 is 9.64 Å². The van der Waals surface area contributed by atoms with Gasteiger partial charge in [0.2, 0.25) is 10.0 Å². The lowest BCUT2D eigenvalue weighted by molar-refractivity contribution is 0.0735. The Bertz CT molecular complexity index is 1120. The zero-order valence-corrected chi connectivity index (χ0v) is 18.4. The number of hydrogen-bond acceptors (Lipinski definition) is 7. The van der Waals surface area contributed by atoms with Gasteiger partial charge in [-0.05, 0) is 36.4 Å². The first-order valence-corrected chi connectivity index (χ1v) is 11.4. The number of hydrogen-bond donors (Lipinski definition) is 0. The topological polar surface area (TPSA) is 79.8 Å². The van der Waals surface area contributed by atoms with Crippen LogP contribution in [0.5, 0.6) is 5.75 Å². The summed E-state index contributed by atoms with van der Waals surface area (Å²) in [4.78, 5) is 19.0. The molecule has 3 aromatic rings. The number of nitrogens with zero attached hydrogens (tertiary/aromatic N) is 3. The van der Waals surface area contributed by atoms with Crippen LogP contribution in [0.15, 0.2) is 47.4 Å². The smallest absolute Gasteiger partial charge is 0.343 e. The molecule has 0 unspecified atom stereocenters. The fourth-order valence-electron chi connectivity index (χ4n) is 2.79. The standard InChI is InChI=1S/C20H23N3O4S2/c1-5-23(6-2)29(25,26)16-10-7-14(8-11-16)19(24)27-15-9-12-17-18(13-15)28-20(21-17)22(3)4/h7-13H,5-6H2,1-4H3. The molecule has 0 saturated carbocycles. The van der Waals surface area contributed by atoms with E-state index >= 15 is 0 Å². The zero-order valence-electron chi connectivity index (χ0n) is 16.7. The highest BCUT2D eigenvalue weighted by molar-refractivity contribution is 7.89. The fraction of sp³-hybridized carbons (Fsp3) is 0.300. The highest BCUT2D eigenvalue weighted by atomic mass is 32.2. The third kappa shape index (κ3) is 4.42. The number of carbonyl (C=O) groups excluding carboxylic acids is 1. The van der Waals surface area contributed by atoms with Gasteiger partial charge in [-0.15, -0.1) is 0 Å². The van der Waals surface area contributed by atoms with E-state index in [9.17, 15) is 13.2 Å². The molecule has 1 heterocycles. The second kappa shape index (κ2) is 8.48. The van der Waals surface area contributed by atoms with E-state index in [1.54, 1.807) is 32.0 Å². The maximum absolute atomic E-state index is 12.5. The van der Waals surface area contributed by atoms with Crippen LogP contribution >= 0.6 is 11.3 Å². The summed E-state index contributed by atoms with van der Waals surface area (Å²) < 4.78 is 32.8. The third-order valence-electron chi connectivity index (χ3n) is 4.37. The normalized spacial score (nSPS) is 11.8. The lowest BCUT2D eigenvalue weighted by atomic mass is 10.2. The van der Waals surface area contributed by atoms with Crippen molar-refractivity contribution in [1.82, 2.24) is 9.29 Å². The molecule has 0 aliphatic rings. The summed E-state index contributed by atoms with van der Waals surface area (Å²) >= 11 is 1.51. The molecule has 0 aliphatic heterocycles. The SMILES string of the molecule is CCN(CC)S(=O)(=O)c1ccc(C(=O)Oc2ccc3nc(N(C)C)sc3c2)cc1. The summed E-state index contributed by atoms with van der Waals surface area (Å²) in [6, 6.07) is 11.1. The number of esters is 1. The van der Waals surface area contributed by atoms with E-state index < -0.39 is 16.0 Å². The number of rotatable bonds is 7. The van der Waals surface area contributed by atoms with Gasteiger partial charge in [-0.3, -0.25) is 0 Å². The molecule has 1 aromatic heterocycles. The molecule has 0 fully saturated rings. The van der Waals surface area contributed by atoms with Gasteiger partial charge in [0.05, 0.1) is 20.7 Å². The minimum atomic E-state index is -3.56. The highest BCUT2D eigenvalue weighted by Crippen LogP contribution is 2.30. The van der Waals surface area contributed by atoms with Crippen molar-refractivity contribution >= 4 is 42.7 Å². The molecular formula is C20H23N3O4S2. The molecule has 3 rings (SSSR count). The molecule has 0 amide bonds. The lowest BCUT2D eigenvalue weighted by Crippen LogP contribution is -2.30. The van der Waals surface area contributed by atoms with Crippen molar-refractivity contribution in [3.63, 3.8) is 0 Å². The van der Waals surface area contributed by atoms with E-state index in [2.05, 4.69) is 4.98 Å². The van der Waals surface area contributed by atoms with Gasteiger partial charge in [-0.1, -0.05) is 25.2 Å². The van der Waals surface area contributed by atoms with Crippen LogP contribution in [0, 0.1) is 0 Å². The van der Waals surface area contributed by atoms with Crippen LogP contribution in [-0.4, -0.2) is 50.9 Å². The maximum Gasteiger partial charge on any atom is 0.343 e. The average molecular weight is 434 g/mol. The Kier molecular flexibility index (Phi) is 6.21. The van der Waals surface area contributed by atoms with Crippen LogP contribution in [0.1, 0.15) is 24.2 Å². The first-order valence-electron chi connectivity index (χ1n) is 9.16. The van der Waals surface area contributed by atoms with Gasteiger partial charge in [0, 0.05) is 33.3 Å². The number of carbonyl (C=O) groups is 1. The Labute approximate surface area is 174 Å². The number of fused-ring (bicyclic) bond motifs is 1. The van der Waals surface area contributed by atoms with Gasteiger partial charge < -0.3 is 9.64 Å². The number of thiazole rings is 1. The first kappa shape index (κ1) is 21.2. The Morgan fingerprint density at radius 3 is 2.31 bits per heavy atom. The van der Waals surface area contributed by atoms with Crippen molar-refractivity contribution in [2.24, 2.45) is 0 Å². The maximum atomic E-state index is 12.5. The number of aromatic nitrogens is 1. The third-order valence-corrected chi connectivity index (χ3v) is 7.62. The van der Waals surface area contributed by atoms with E-state index in [-0.39, 0.29) is 10.5 Å². The first-order chi connectivity index (χ1) is 13.8. The number of anilines is 1. The molecule has 154 valence electrons. The van der Waals surface area contributed by atoms with Crippen LogP contribution in [-0.2, 0) is 10.0 Å². The number of benzene rings is 2. The van der Waals surface area contributed by atoms with Crippen LogP contribution in [0.2, 0.25) is 0 Å². The quantitative estimate of drug-likeness (QED) is 0.418. The van der Waals surface area contributed by atoms with Crippen molar-refractivity contribution < 1.29 is 17.9 Å². The molecule has 29 heavy (non-hydrogen) atoms. The van der Waals surface area contributed by atoms with E-state index in [1.165, 1.54) is 39.9 Å². The largest absolute Gasteiger partial charge is 0.423 e. The van der Waals surface area contributed by atoms with Crippen molar-refractivity contribution in [3.05, 3.63) is 48.0 Å². The predicted octanol–water partition coefficient (Wildman–Crippen LogP) is 3.61. The van der Waals surface area contributed by atoms with E-state index in [0.29, 0.717) is 18.8 Å². The Morgan fingerprint density at radius 2 is 1.72 bits per heavy atom. The monoisotopic (exact) mass is 433 g/mol. The summed E-state index contributed by atoms with van der Waals surface area (Å²) in [6.45, 7) is 4.35.